The van der Waals surface area contributed by atoms with Gasteiger partial charge in [-0.25, -0.2) is 0 Å². The van der Waals surface area contributed by atoms with E-state index in [1.54, 1.807) is 0 Å². The average Bonchev–Trinajstić information content (AvgIpc) is 2.32. The second-order valence-corrected chi connectivity index (χ2v) is 6.45. The predicted octanol–water partition coefficient (Wildman–Crippen LogP) is 3.41. The molecule has 98 valence electrons. The molecule has 0 amide bonds. The Balaban J connectivity index is 1.89. The summed E-state index contributed by atoms with van der Waals surface area (Å²) in [6, 6.07) is 1.83. The second-order valence-electron chi connectivity index (χ2n) is 6.45. The van der Waals surface area contributed by atoms with E-state index in [9.17, 15) is 0 Å². The molecule has 0 heterocycles. The van der Waals surface area contributed by atoms with Crippen LogP contribution in [0.1, 0.15) is 71.6 Å². The van der Waals surface area contributed by atoms with E-state index in [1.165, 1.54) is 63.4 Å². The van der Waals surface area contributed by atoms with Crippen LogP contribution in [0.15, 0.2) is 11.6 Å². The number of rotatable bonds is 3. The lowest BCUT2D eigenvalue weighted by molar-refractivity contribution is -0.730. The van der Waals surface area contributed by atoms with Crippen molar-refractivity contribution < 1.29 is 5.32 Å². The summed E-state index contributed by atoms with van der Waals surface area (Å²) in [5.41, 5.74) is 1.51. The van der Waals surface area contributed by atoms with Crippen LogP contribution in [0.2, 0.25) is 0 Å². The standard InChI is InChI=1S/C16H29N/c1-13(2)12-14-8-6-7-11-16(14)17-15-9-4-3-5-10-15/h12,14-17H,3-11H2,1-2H3/p+1/t14-,16+/m1/s1. The first kappa shape index (κ1) is 13.1. The SMILES string of the molecule is CC(C)=C[C@H]1CCCC[C@@H]1[NH2+]C1CCCCC1. The monoisotopic (exact) mass is 236 g/mol. The van der Waals surface area contributed by atoms with Gasteiger partial charge in [-0.05, 0) is 58.8 Å². The maximum absolute atomic E-state index is 2.75. The van der Waals surface area contributed by atoms with Crippen LogP contribution < -0.4 is 5.32 Å². The highest BCUT2D eigenvalue weighted by Crippen LogP contribution is 2.25. The minimum atomic E-state index is 0.857. The first-order valence-corrected chi connectivity index (χ1v) is 7.76. The van der Waals surface area contributed by atoms with E-state index >= 15 is 0 Å². The molecule has 0 aliphatic heterocycles. The van der Waals surface area contributed by atoms with Crippen molar-refractivity contribution >= 4 is 0 Å². The largest absolute Gasteiger partial charge is 0.341 e. The van der Waals surface area contributed by atoms with Crippen molar-refractivity contribution in [2.45, 2.75) is 83.7 Å². The Labute approximate surface area is 107 Å². The summed E-state index contributed by atoms with van der Waals surface area (Å²) in [6.07, 6.45) is 15.7. The van der Waals surface area contributed by atoms with Crippen molar-refractivity contribution in [2.24, 2.45) is 5.92 Å². The van der Waals surface area contributed by atoms with Gasteiger partial charge in [-0.3, -0.25) is 0 Å². The summed E-state index contributed by atoms with van der Waals surface area (Å²) < 4.78 is 0. The summed E-state index contributed by atoms with van der Waals surface area (Å²) in [4.78, 5) is 0. The third-order valence-electron chi connectivity index (χ3n) is 4.59. The van der Waals surface area contributed by atoms with Crippen molar-refractivity contribution in [3.63, 3.8) is 0 Å². The van der Waals surface area contributed by atoms with Gasteiger partial charge in [0.1, 0.15) is 0 Å². The zero-order chi connectivity index (χ0) is 12.1. The molecule has 0 saturated heterocycles. The maximum atomic E-state index is 2.75. The van der Waals surface area contributed by atoms with Gasteiger partial charge in [-0.15, -0.1) is 0 Å². The van der Waals surface area contributed by atoms with E-state index in [-0.39, 0.29) is 0 Å². The molecule has 1 heteroatoms. The third-order valence-corrected chi connectivity index (χ3v) is 4.59. The van der Waals surface area contributed by atoms with Crippen molar-refractivity contribution in [3.05, 3.63) is 11.6 Å². The van der Waals surface area contributed by atoms with Gasteiger partial charge in [0.05, 0.1) is 12.1 Å². The molecule has 2 aliphatic carbocycles. The normalized spacial score (nSPS) is 31.2. The molecule has 0 unspecified atom stereocenters. The van der Waals surface area contributed by atoms with Crippen molar-refractivity contribution in [2.75, 3.05) is 0 Å². The van der Waals surface area contributed by atoms with Gasteiger partial charge in [0, 0.05) is 5.92 Å². The van der Waals surface area contributed by atoms with Crippen LogP contribution in [-0.4, -0.2) is 12.1 Å². The first-order chi connectivity index (χ1) is 8.25. The molecule has 0 aromatic carbocycles. The van der Waals surface area contributed by atoms with Crippen molar-refractivity contribution in [1.82, 2.24) is 0 Å². The highest BCUT2D eigenvalue weighted by molar-refractivity contribution is 5.00. The van der Waals surface area contributed by atoms with Crippen LogP contribution in [-0.2, 0) is 0 Å². The van der Waals surface area contributed by atoms with E-state index in [0.717, 1.165) is 18.0 Å². The molecule has 1 nitrogen and oxygen atoms in total. The molecular formula is C16H30N+. The smallest absolute Gasteiger partial charge is 0.0924 e. The van der Waals surface area contributed by atoms with E-state index in [0.29, 0.717) is 0 Å². The van der Waals surface area contributed by atoms with Gasteiger partial charge in [-0.2, -0.15) is 0 Å². The van der Waals surface area contributed by atoms with Crippen LogP contribution in [0.5, 0.6) is 0 Å². The maximum Gasteiger partial charge on any atom is 0.0924 e. The fraction of sp³-hybridized carbons (Fsp3) is 0.875. The van der Waals surface area contributed by atoms with E-state index in [2.05, 4.69) is 25.2 Å². The Morgan fingerprint density at radius 1 is 0.882 bits per heavy atom. The lowest BCUT2D eigenvalue weighted by Crippen LogP contribution is -2.96. The quantitative estimate of drug-likeness (QED) is 0.723. The minimum Gasteiger partial charge on any atom is -0.341 e. The first-order valence-electron chi connectivity index (χ1n) is 7.76. The summed E-state index contributed by atoms with van der Waals surface area (Å²) in [5, 5.41) is 2.75. The molecule has 17 heavy (non-hydrogen) atoms. The van der Waals surface area contributed by atoms with Gasteiger partial charge in [0.25, 0.3) is 0 Å². The number of quaternary nitrogens is 1. The van der Waals surface area contributed by atoms with E-state index < -0.39 is 0 Å². The molecule has 2 saturated carbocycles. The van der Waals surface area contributed by atoms with Gasteiger partial charge >= 0.3 is 0 Å². The summed E-state index contributed by atoms with van der Waals surface area (Å²) in [6.45, 7) is 4.51. The zero-order valence-corrected chi connectivity index (χ0v) is 11.8. The molecule has 0 radical (unpaired) electrons. The second kappa shape index (κ2) is 6.58. The molecule has 2 aliphatic rings. The summed E-state index contributed by atoms with van der Waals surface area (Å²) in [5.74, 6) is 0.857. The molecule has 0 aromatic heterocycles. The average molecular weight is 236 g/mol. The molecule has 0 spiro atoms. The van der Waals surface area contributed by atoms with Gasteiger partial charge in [-0.1, -0.05) is 24.5 Å². The number of nitrogens with two attached hydrogens (primary N) is 1. The molecule has 0 bridgehead atoms. The highest BCUT2D eigenvalue weighted by atomic mass is 15.0. The topological polar surface area (TPSA) is 16.6 Å². The number of allylic oxidation sites excluding steroid dienone is 1. The van der Waals surface area contributed by atoms with E-state index in [4.69, 9.17) is 0 Å². The van der Waals surface area contributed by atoms with Gasteiger partial charge in [0.15, 0.2) is 0 Å². The van der Waals surface area contributed by atoms with E-state index in [1.807, 2.05) is 0 Å². The minimum absolute atomic E-state index is 0.857. The van der Waals surface area contributed by atoms with Crippen molar-refractivity contribution in [3.8, 4) is 0 Å². The van der Waals surface area contributed by atoms with Crippen LogP contribution in [0.4, 0.5) is 0 Å². The number of hydrogen-bond acceptors (Lipinski definition) is 0. The Kier molecular flexibility index (Phi) is 5.09. The third kappa shape index (κ3) is 4.13. The van der Waals surface area contributed by atoms with Crippen LogP contribution in [0.3, 0.4) is 0 Å². The molecule has 2 N–H and O–H groups in total. The van der Waals surface area contributed by atoms with Crippen molar-refractivity contribution in [1.29, 1.82) is 0 Å². The summed E-state index contributed by atoms with van der Waals surface area (Å²) in [7, 11) is 0. The molecule has 2 atom stereocenters. The fourth-order valence-corrected chi connectivity index (χ4v) is 3.74. The van der Waals surface area contributed by atoms with Gasteiger partial charge < -0.3 is 5.32 Å². The lowest BCUT2D eigenvalue weighted by Gasteiger charge is -2.32. The Morgan fingerprint density at radius 2 is 1.53 bits per heavy atom. The number of hydrogen-bond donors (Lipinski definition) is 1. The molecule has 2 fully saturated rings. The van der Waals surface area contributed by atoms with Crippen LogP contribution >= 0.6 is 0 Å². The highest BCUT2D eigenvalue weighted by Gasteiger charge is 2.29. The Morgan fingerprint density at radius 3 is 2.24 bits per heavy atom. The Bertz CT molecular complexity index is 246. The fourth-order valence-electron chi connectivity index (χ4n) is 3.74. The van der Waals surface area contributed by atoms with Crippen LogP contribution in [0, 0.1) is 5.92 Å². The molecule has 2 rings (SSSR count). The van der Waals surface area contributed by atoms with Gasteiger partial charge in [0.2, 0.25) is 0 Å². The predicted molar refractivity (Wildman–Crippen MR) is 74.0 cm³/mol. The summed E-state index contributed by atoms with van der Waals surface area (Å²) >= 11 is 0. The lowest BCUT2D eigenvalue weighted by atomic mass is 9.82. The molecule has 0 aromatic rings. The Hall–Kier alpha value is -0.300. The van der Waals surface area contributed by atoms with Crippen LogP contribution in [0.25, 0.3) is 0 Å². The molecular weight excluding hydrogens is 206 g/mol. The zero-order valence-electron chi connectivity index (χ0n) is 11.8.